The molecule has 5 nitrogen and oxygen atoms in total. The number of nitrogens with zero attached hydrogens (tertiary/aromatic N) is 1. The average Bonchev–Trinajstić information content (AvgIpc) is 2.67. The van der Waals surface area contributed by atoms with Crippen LogP contribution >= 0.6 is 11.6 Å². The van der Waals surface area contributed by atoms with Crippen molar-refractivity contribution in [3.8, 4) is 0 Å². The van der Waals surface area contributed by atoms with Crippen LogP contribution in [0, 0.1) is 5.92 Å². The predicted molar refractivity (Wildman–Crippen MR) is 110 cm³/mol. The molecule has 0 aliphatic rings. The summed E-state index contributed by atoms with van der Waals surface area (Å²) in [5.41, 5.74) is 5.00. The Morgan fingerprint density at radius 2 is 1.78 bits per heavy atom. The zero-order valence-corrected chi connectivity index (χ0v) is 16.5. The number of amides is 2. The van der Waals surface area contributed by atoms with Crippen molar-refractivity contribution < 1.29 is 9.59 Å². The molecular weight excluding hydrogens is 362 g/mol. The average molecular weight is 386 g/mol. The van der Waals surface area contributed by atoms with Gasteiger partial charge in [0.1, 0.15) is 0 Å². The van der Waals surface area contributed by atoms with Gasteiger partial charge in [-0.1, -0.05) is 49.7 Å². The summed E-state index contributed by atoms with van der Waals surface area (Å²) < 4.78 is 0. The van der Waals surface area contributed by atoms with Crippen molar-refractivity contribution in [1.82, 2.24) is 5.43 Å². The lowest BCUT2D eigenvalue weighted by Crippen LogP contribution is -2.22. The highest BCUT2D eigenvalue weighted by Gasteiger charge is 2.14. The highest BCUT2D eigenvalue weighted by atomic mass is 35.5. The molecule has 2 N–H and O–H groups in total. The van der Waals surface area contributed by atoms with Crippen molar-refractivity contribution in [2.75, 3.05) is 5.32 Å². The first-order valence-electron chi connectivity index (χ1n) is 8.96. The van der Waals surface area contributed by atoms with Gasteiger partial charge in [-0.05, 0) is 49.6 Å². The molecule has 0 heterocycles. The van der Waals surface area contributed by atoms with Crippen LogP contribution in [0.15, 0.2) is 53.6 Å². The Kier molecular flexibility index (Phi) is 7.55. The van der Waals surface area contributed by atoms with Crippen molar-refractivity contribution in [3.05, 3.63) is 64.7 Å². The Labute approximate surface area is 164 Å². The lowest BCUT2D eigenvalue weighted by molar-refractivity contribution is -0.120. The Morgan fingerprint density at radius 3 is 2.44 bits per heavy atom. The van der Waals surface area contributed by atoms with E-state index in [0.717, 1.165) is 18.4 Å². The molecule has 27 heavy (non-hydrogen) atoms. The molecule has 0 atom stereocenters. The zero-order chi connectivity index (χ0) is 19.8. The van der Waals surface area contributed by atoms with Gasteiger partial charge in [-0.15, -0.1) is 0 Å². The number of hydrogen-bond donors (Lipinski definition) is 2. The molecule has 0 unspecified atom stereocenters. The van der Waals surface area contributed by atoms with Gasteiger partial charge in [0, 0.05) is 11.6 Å². The maximum absolute atomic E-state index is 12.2. The van der Waals surface area contributed by atoms with E-state index in [1.165, 1.54) is 0 Å². The van der Waals surface area contributed by atoms with Crippen LogP contribution in [0.5, 0.6) is 0 Å². The van der Waals surface area contributed by atoms with Crippen LogP contribution in [-0.2, 0) is 4.79 Å². The first-order chi connectivity index (χ1) is 13.0. The Balaban J connectivity index is 2.09. The van der Waals surface area contributed by atoms with Gasteiger partial charge in [0.05, 0.1) is 16.3 Å². The second-order valence-corrected chi connectivity index (χ2v) is 6.61. The van der Waals surface area contributed by atoms with E-state index in [9.17, 15) is 9.59 Å². The molecule has 0 fully saturated rings. The number of halogens is 1. The van der Waals surface area contributed by atoms with Gasteiger partial charge in [-0.3, -0.25) is 9.59 Å². The summed E-state index contributed by atoms with van der Waals surface area (Å²) in [5.74, 6) is -0.366. The molecule has 0 aliphatic carbocycles. The fourth-order valence-corrected chi connectivity index (χ4v) is 2.85. The molecule has 0 aliphatic heterocycles. The number of hydrogen-bond acceptors (Lipinski definition) is 3. The number of benzene rings is 2. The molecule has 0 aromatic heterocycles. The Bertz CT molecular complexity index is 845. The van der Waals surface area contributed by atoms with E-state index in [1.54, 1.807) is 31.2 Å². The molecular formula is C21H24ClN3O2. The summed E-state index contributed by atoms with van der Waals surface area (Å²) in [7, 11) is 0. The van der Waals surface area contributed by atoms with E-state index < -0.39 is 0 Å². The molecule has 2 aromatic rings. The third kappa shape index (κ3) is 5.66. The van der Waals surface area contributed by atoms with Crippen LogP contribution in [0.4, 0.5) is 5.69 Å². The zero-order valence-electron chi connectivity index (χ0n) is 15.8. The van der Waals surface area contributed by atoms with Crippen LogP contribution in [0.3, 0.4) is 0 Å². The van der Waals surface area contributed by atoms with E-state index in [-0.39, 0.29) is 17.7 Å². The summed E-state index contributed by atoms with van der Waals surface area (Å²) in [5, 5.41) is 7.45. The van der Waals surface area contributed by atoms with E-state index in [4.69, 9.17) is 11.6 Å². The number of rotatable bonds is 7. The molecule has 0 spiro atoms. The molecule has 0 radical (unpaired) electrons. The van der Waals surface area contributed by atoms with Crippen molar-refractivity contribution >= 4 is 34.8 Å². The molecule has 0 saturated carbocycles. The topological polar surface area (TPSA) is 70.6 Å². The summed E-state index contributed by atoms with van der Waals surface area (Å²) >= 11 is 6.02. The smallest absolute Gasteiger partial charge is 0.272 e. The molecule has 2 aromatic carbocycles. The Morgan fingerprint density at radius 1 is 1.07 bits per heavy atom. The Hall–Kier alpha value is -2.66. The second kappa shape index (κ2) is 9.88. The summed E-state index contributed by atoms with van der Waals surface area (Å²) in [6, 6.07) is 14.2. The minimum absolute atomic E-state index is 0.00155. The number of hydrazone groups is 1. The third-order valence-electron chi connectivity index (χ3n) is 4.35. The van der Waals surface area contributed by atoms with Gasteiger partial charge < -0.3 is 5.32 Å². The fraction of sp³-hybridized carbons (Fsp3) is 0.286. The van der Waals surface area contributed by atoms with Gasteiger partial charge in [-0.2, -0.15) is 5.10 Å². The summed E-state index contributed by atoms with van der Waals surface area (Å²) in [4.78, 5) is 24.4. The molecule has 0 bridgehead atoms. The fourth-order valence-electron chi connectivity index (χ4n) is 2.63. The van der Waals surface area contributed by atoms with Gasteiger partial charge >= 0.3 is 0 Å². The summed E-state index contributed by atoms with van der Waals surface area (Å²) in [6.07, 6.45) is 1.60. The van der Waals surface area contributed by atoms with E-state index in [0.29, 0.717) is 22.0 Å². The number of carbonyl (C=O) groups is 2. The van der Waals surface area contributed by atoms with Gasteiger partial charge in [0.2, 0.25) is 5.91 Å². The lowest BCUT2D eigenvalue weighted by Gasteiger charge is -2.13. The van der Waals surface area contributed by atoms with Crippen LogP contribution < -0.4 is 10.7 Å². The molecule has 2 amide bonds. The molecule has 6 heteroatoms. The van der Waals surface area contributed by atoms with Crippen molar-refractivity contribution in [2.24, 2.45) is 11.0 Å². The minimum atomic E-state index is -0.377. The monoisotopic (exact) mass is 385 g/mol. The van der Waals surface area contributed by atoms with Crippen LogP contribution in [-0.4, -0.2) is 17.5 Å². The maximum atomic E-state index is 12.2. The normalized spacial score (nSPS) is 11.4. The minimum Gasteiger partial charge on any atom is -0.326 e. The third-order valence-corrected chi connectivity index (χ3v) is 4.68. The van der Waals surface area contributed by atoms with Gasteiger partial charge in [0.15, 0.2) is 0 Å². The lowest BCUT2D eigenvalue weighted by atomic mass is 10.0. The highest BCUT2D eigenvalue weighted by molar-refractivity contribution is 6.33. The van der Waals surface area contributed by atoms with E-state index in [1.807, 2.05) is 38.1 Å². The largest absolute Gasteiger partial charge is 0.326 e. The summed E-state index contributed by atoms with van der Waals surface area (Å²) in [6.45, 7) is 5.79. The predicted octanol–water partition coefficient (Wildman–Crippen LogP) is 4.87. The quantitative estimate of drug-likeness (QED) is 0.527. The molecule has 0 saturated heterocycles. The maximum Gasteiger partial charge on any atom is 0.272 e. The number of carbonyl (C=O) groups excluding carboxylic acids is 2. The van der Waals surface area contributed by atoms with E-state index in [2.05, 4.69) is 15.8 Å². The van der Waals surface area contributed by atoms with Crippen molar-refractivity contribution in [3.63, 3.8) is 0 Å². The standard InChI is InChI=1S/C21H24ClN3O2/c1-4-15(5-2)20(26)23-17-10-8-9-16(13-17)14(3)24-25-21(27)18-11-6-7-12-19(18)22/h6-13,15H,4-5H2,1-3H3,(H,23,26)(H,25,27). The van der Waals surface area contributed by atoms with Crippen LogP contribution in [0.2, 0.25) is 5.02 Å². The van der Waals surface area contributed by atoms with Crippen LogP contribution in [0.25, 0.3) is 0 Å². The van der Waals surface area contributed by atoms with Gasteiger partial charge in [-0.25, -0.2) is 5.43 Å². The molecule has 142 valence electrons. The second-order valence-electron chi connectivity index (χ2n) is 6.20. The van der Waals surface area contributed by atoms with Crippen LogP contribution in [0.1, 0.15) is 49.5 Å². The van der Waals surface area contributed by atoms with Gasteiger partial charge in [0.25, 0.3) is 5.91 Å². The molecule has 2 rings (SSSR count). The number of nitrogens with one attached hydrogen (secondary N) is 2. The first-order valence-corrected chi connectivity index (χ1v) is 9.34. The van der Waals surface area contributed by atoms with Crippen molar-refractivity contribution in [1.29, 1.82) is 0 Å². The van der Waals surface area contributed by atoms with E-state index >= 15 is 0 Å². The highest BCUT2D eigenvalue weighted by Crippen LogP contribution is 2.16. The SMILES string of the molecule is CCC(CC)C(=O)Nc1cccc(C(C)=NNC(=O)c2ccccc2Cl)c1. The van der Waals surface area contributed by atoms with Crippen molar-refractivity contribution in [2.45, 2.75) is 33.6 Å². The first kappa shape index (κ1) is 20.6. The number of anilines is 1.